The second kappa shape index (κ2) is 11.6. The minimum atomic E-state index is -0.0196. The van der Waals surface area contributed by atoms with E-state index in [0.29, 0.717) is 25.4 Å². The predicted octanol–water partition coefficient (Wildman–Crippen LogP) is 6.08. The van der Waals surface area contributed by atoms with Crippen molar-refractivity contribution in [3.8, 4) is 34.4 Å². The number of nitriles is 1. The van der Waals surface area contributed by atoms with E-state index >= 15 is 0 Å². The van der Waals surface area contributed by atoms with Crippen LogP contribution in [0.2, 0.25) is 0 Å². The van der Waals surface area contributed by atoms with Gasteiger partial charge in [-0.1, -0.05) is 30.7 Å². The minimum Gasteiger partial charge on any atom is -0.494 e. The Morgan fingerprint density at radius 2 is 1.56 bits per heavy atom. The Labute approximate surface area is 193 Å². The maximum atomic E-state index is 8.90. The Morgan fingerprint density at radius 1 is 0.875 bits per heavy atom. The molecule has 4 rings (SSSR count). The van der Waals surface area contributed by atoms with Crippen LogP contribution >= 0.6 is 11.3 Å². The molecule has 1 aromatic heterocycles. The third-order valence-electron chi connectivity index (χ3n) is 5.27. The third kappa shape index (κ3) is 6.25. The van der Waals surface area contributed by atoms with E-state index in [1.165, 1.54) is 0 Å². The molecule has 1 aliphatic heterocycles. The van der Waals surface area contributed by atoms with Crippen LogP contribution in [-0.4, -0.2) is 32.5 Å². The summed E-state index contributed by atoms with van der Waals surface area (Å²) in [7, 11) is 0. The Bertz CT molecular complexity index is 1010. The normalized spacial score (nSPS) is 14.7. The molecule has 0 fully saturated rings. The molecule has 5 nitrogen and oxygen atoms in total. The average molecular weight is 450 g/mol. The standard InChI is InChI=1S/C26H27NO4S/c27-15-20-5-7-21(8-6-20)22-9-11-23(12-10-22)29-14-4-2-1-3-13-28-16-24-17-30-25-18-32-19-26(25)31-24/h5-12,18-19,24H,1-4,13-14,16-17H2. The van der Waals surface area contributed by atoms with Crippen LogP contribution in [-0.2, 0) is 4.74 Å². The quantitative estimate of drug-likeness (QED) is 0.332. The van der Waals surface area contributed by atoms with Gasteiger partial charge in [0.05, 0.1) is 24.8 Å². The number of unbranched alkanes of at least 4 members (excludes halogenated alkanes) is 3. The van der Waals surface area contributed by atoms with Gasteiger partial charge in [0.1, 0.15) is 12.4 Å². The van der Waals surface area contributed by atoms with E-state index < -0.39 is 0 Å². The van der Waals surface area contributed by atoms with Crippen LogP contribution in [0.3, 0.4) is 0 Å². The molecule has 0 saturated heterocycles. The Kier molecular flexibility index (Phi) is 8.02. The van der Waals surface area contributed by atoms with Crippen molar-refractivity contribution in [2.75, 3.05) is 26.4 Å². The summed E-state index contributed by atoms with van der Waals surface area (Å²) < 4.78 is 23.1. The number of thiophene rings is 1. The molecule has 1 atom stereocenters. The molecule has 0 amide bonds. The van der Waals surface area contributed by atoms with Gasteiger partial charge >= 0.3 is 0 Å². The van der Waals surface area contributed by atoms with Crippen molar-refractivity contribution in [3.05, 3.63) is 64.9 Å². The lowest BCUT2D eigenvalue weighted by Gasteiger charge is -2.24. The third-order valence-corrected chi connectivity index (χ3v) is 5.97. The molecule has 0 radical (unpaired) electrons. The number of hydrogen-bond acceptors (Lipinski definition) is 6. The highest BCUT2D eigenvalue weighted by atomic mass is 32.1. The first-order valence-electron chi connectivity index (χ1n) is 11.0. The van der Waals surface area contributed by atoms with Crippen molar-refractivity contribution in [2.45, 2.75) is 31.8 Å². The van der Waals surface area contributed by atoms with Crippen molar-refractivity contribution in [1.29, 1.82) is 5.26 Å². The van der Waals surface area contributed by atoms with Crippen LogP contribution in [0.5, 0.6) is 17.2 Å². The summed E-state index contributed by atoms with van der Waals surface area (Å²) in [5, 5.41) is 12.8. The van der Waals surface area contributed by atoms with E-state index in [0.717, 1.165) is 60.7 Å². The summed E-state index contributed by atoms with van der Waals surface area (Å²) in [6.45, 7) is 2.58. The van der Waals surface area contributed by atoms with Gasteiger partial charge in [0, 0.05) is 17.4 Å². The molecule has 166 valence electrons. The molecule has 0 N–H and O–H groups in total. The molecular weight excluding hydrogens is 422 g/mol. The van der Waals surface area contributed by atoms with Crippen LogP contribution < -0.4 is 14.2 Å². The molecule has 0 spiro atoms. The first-order valence-corrected chi connectivity index (χ1v) is 11.9. The van der Waals surface area contributed by atoms with Gasteiger partial charge in [-0.05, 0) is 54.7 Å². The highest BCUT2D eigenvalue weighted by molar-refractivity contribution is 7.08. The second-order valence-corrected chi connectivity index (χ2v) is 8.45. The summed E-state index contributed by atoms with van der Waals surface area (Å²) in [4.78, 5) is 0. The fraction of sp³-hybridized carbons (Fsp3) is 0.346. The lowest BCUT2D eigenvalue weighted by Crippen LogP contribution is -2.33. The molecule has 32 heavy (non-hydrogen) atoms. The molecule has 6 heteroatoms. The Balaban J connectivity index is 1.04. The molecule has 0 aliphatic carbocycles. The van der Waals surface area contributed by atoms with Crippen LogP contribution in [0, 0.1) is 11.3 Å². The summed E-state index contributed by atoms with van der Waals surface area (Å²) in [5.41, 5.74) is 2.88. The molecule has 2 heterocycles. The number of rotatable bonds is 11. The van der Waals surface area contributed by atoms with Crippen molar-refractivity contribution in [3.63, 3.8) is 0 Å². The zero-order chi connectivity index (χ0) is 22.0. The number of benzene rings is 2. The van der Waals surface area contributed by atoms with Crippen molar-refractivity contribution < 1.29 is 18.9 Å². The summed E-state index contributed by atoms with van der Waals surface area (Å²) in [5.74, 6) is 2.56. The van der Waals surface area contributed by atoms with E-state index in [1.807, 2.05) is 59.3 Å². The van der Waals surface area contributed by atoms with E-state index in [9.17, 15) is 0 Å². The van der Waals surface area contributed by atoms with Crippen LogP contribution in [0.15, 0.2) is 59.3 Å². The molecule has 1 unspecified atom stereocenters. The van der Waals surface area contributed by atoms with Crippen LogP contribution in [0.4, 0.5) is 0 Å². The Morgan fingerprint density at radius 3 is 2.31 bits per heavy atom. The van der Waals surface area contributed by atoms with Crippen LogP contribution in [0.25, 0.3) is 11.1 Å². The summed E-state index contributed by atoms with van der Waals surface area (Å²) in [6.07, 6.45) is 4.29. The van der Waals surface area contributed by atoms with Crippen molar-refractivity contribution in [2.24, 2.45) is 0 Å². The molecular formula is C26H27NO4S. The molecule has 3 aromatic rings. The van der Waals surface area contributed by atoms with Gasteiger partial charge in [-0.25, -0.2) is 0 Å². The number of ether oxygens (including phenoxy) is 4. The first kappa shape index (κ1) is 22.2. The van der Waals surface area contributed by atoms with Crippen molar-refractivity contribution in [1.82, 2.24) is 0 Å². The number of hydrogen-bond donors (Lipinski definition) is 0. The fourth-order valence-corrected chi connectivity index (χ4v) is 4.16. The zero-order valence-electron chi connectivity index (χ0n) is 18.0. The van der Waals surface area contributed by atoms with E-state index in [1.54, 1.807) is 11.3 Å². The van der Waals surface area contributed by atoms with Gasteiger partial charge in [-0.15, -0.1) is 11.3 Å². The van der Waals surface area contributed by atoms with Gasteiger partial charge in [0.25, 0.3) is 0 Å². The van der Waals surface area contributed by atoms with Gasteiger partial charge in [0.15, 0.2) is 17.6 Å². The lowest BCUT2D eigenvalue weighted by atomic mass is 10.0. The molecule has 0 saturated carbocycles. The maximum Gasteiger partial charge on any atom is 0.172 e. The van der Waals surface area contributed by atoms with E-state index in [-0.39, 0.29) is 6.10 Å². The number of fused-ring (bicyclic) bond motifs is 1. The first-order chi connectivity index (χ1) is 15.8. The Hall–Kier alpha value is -3.01. The molecule has 0 bridgehead atoms. The SMILES string of the molecule is N#Cc1ccc(-c2ccc(OCCCCCCOCC3COc4cscc4O3)cc2)cc1. The van der Waals surface area contributed by atoms with Gasteiger partial charge < -0.3 is 18.9 Å². The zero-order valence-corrected chi connectivity index (χ0v) is 18.8. The largest absolute Gasteiger partial charge is 0.494 e. The van der Waals surface area contributed by atoms with Gasteiger partial charge in [0.2, 0.25) is 0 Å². The monoisotopic (exact) mass is 449 g/mol. The van der Waals surface area contributed by atoms with Gasteiger partial charge in [-0.3, -0.25) is 0 Å². The van der Waals surface area contributed by atoms with Crippen molar-refractivity contribution >= 4 is 11.3 Å². The van der Waals surface area contributed by atoms with Gasteiger partial charge in [-0.2, -0.15) is 5.26 Å². The van der Waals surface area contributed by atoms with E-state index in [4.69, 9.17) is 24.2 Å². The molecule has 2 aromatic carbocycles. The summed E-state index contributed by atoms with van der Waals surface area (Å²) >= 11 is 1.59. The second-order valence-electron chi connectivity index (χ2n) is 7.70. The topological polar surface area (TPSA) is 60.7 Å². The summed E-state index contributed by atoms with van der Waals surface area (Å²) in [6, 6.07) is 17.8. The molecule has 1 aliphatic rings. The maximum absolute atomic E-state index is 8.90. The minimum absolute atomic E-state index is 0.0196. The fourth-order valence-electron chi connectivity index (χ4n) is 3.49. The van der Waals surface area contributed by atoms with Crippen LogP contribution in [0.1, 0.15) is 31.2 Å². The number of nitrogens with zero attached hydrogens (tertiary/aromatic N) is 1. The smallest absolute Gasteiger partial charge is 0.172 e. The lowest BCUT2D eigenvalue weighted by molar-refractivity contribution is 0.00839. The van der Waals surface area contributed by atoms with E-state index in [2.05, 4.69) is 6.07 Å². The predicted molar refractivity (Wildman–Crippen MR) is 126 cm³/mol. The highest BCUT2D eigenvalue weighted by Crippen LogP contribution is 2.35. The average Bonchev–Trinajstić information content (AvgIpc) is 3.31. The highest BCUT2D eigenvalue weighted by Gasteiger charge is 2.21.